The van der Waals surface area contributed by atoms with Gasteiger partial charge in [-0.05, 0) is 59.9 Å². The Hall–Kier alpha value is -2.44. The van der Waals surface area contributed by atoms with E-state index in [4.69, 9.17) is 23.8 Å². The predicted molar refractivity (Wildman–Crippen MR) is 116 cm³/mol. The van der Waals surface area contributed by atoms with Crippen LogP contribution in [0.1, 0.15) is 37.3 Å². The molecule has 0 aliphatic heterocycles. The smallest absolute Gasteiger partial charge is 0.248 e. The van der Waals surface area contributed by atoms with Gasteiger partial charge in [0.15, 0.2) is 5.11 Å². The third kappa shape index (κ3) is 5.52. The van der Waals surface area contributed by atoms with Crippen LogP contribution in [0.15, 0.2) is 54.9 Å². The molecule has 1 atom stereocenters. The lowest BCUT2D eigenvalue weighted by molar-refractivity contribution is 0.687. The van der Waals surface area contributed by atoms with E-state index in [1.807, 2.05) is 36.4 Å². The Bertz CT molecular complexity index is 889. The van der Waals surface area contributed by atoms with Crippen LogP contribution < -0.4 is 10.6 Å². The number of thiocarbonyl (C=S) groups is 1. The van der Waals surface area contributed by atoms with Gasteiger partial charge < -0.3 is 5.32 Å². The minimum Gasteiger partial charge on any atom is -0.332 e. The highest BCUT2D eigenvalue weighted by atomic mass is 35.5. The van der Waals surface area contributed by atoms with Gasteiger partial charge in [0.2, 0.25) is 5.95 Å². The van der Waals surface area contributed by atoms with E-state index in [0.717, 1.165) is 17.7 Å². The average molecular weight is 400 g/mol. The topological polar surface area (TPSA) is 54.8 Å². The first-order chi connectivity index (χ1) is 13.0. The van der Waals surface area contributed by atoms with Gasteiger partial charge in [0.25, 0.3) is 0 Å². The second kappa shape index (κ2) is 8.97. The van der Waals surface area contributed by atoms with E-state index >= 15 is 0 Å². The Morgan fingerprint density at radius 1 is 1.11 bits per heavy atom. The summed E-state index contributed by atoms with van der Waals surface area (Å²) in [7, 11) is 0. The van der Waals surface area contributed by atoms with Gasteiger partial charge in [-0.25, -0.2) is 9.67 Å². The van der Waals surface area contributed by atoms with Gasteiger partial charge >= 0.3 is 0 Å². The lowest BCUT2D eigenvalue weighted by atomic mass is 9.99. The summed E-state index contributed by atoms with van der Waals surface area (Å²) < 4.78 is 1.75. The van der Waals surface area contributed by atoms with E-state index in [1.54, 1.807) is 11.0 Å². The van der Waals surface area contributed by atoms with Crippen LogP contribution in [0.2, 0.25) is 5.02 Å². The van der Waals surface area contributed by atoms with Crippen LogP contribution in [0.25, 0.3) is 0 Å². The highest BCUT2D eigenvalue weighted by Gasteiger charge is 2.06. The van der Waals surface area contributed by atoms with Crippen LogP contribution in [0.4, 0.5) is 11.6 Å². The number of rotatable bonds is 6. The Morgan fingerprint density at radius 2 is 1.81 bits per heavy atom. The van der Waals surface area contributed by atoms with E-state index in [1.165, 1.54) is 5.56 Å². The molecule has 0 radical (unpaired) electrons. The second-order valence-electron chi connectivity index (χ2n) is 6.40. The molecule has 27 heavy (non-hydrogen) atoms. The molecule has 0 bridgehead atoms. The maximum absolute atomic E-state index is 5.91. The van der Waals surface area contributed by atoms with Crippen molar-refractivity contribution in [2.45, 2.75) is 32.7 Å². The molecule has 0 saturated heterocycles. The number of hydrogen-bond acceptors (Lipinski definition) is 3. The zero-order chi connectivity index (χ0) is 19.2. The van der Waals surface area contributed by atoms with Crippen molar-refractivity contribution in [3.8, 4) is 0 Å². The second-order valence-corrected chi connectivity index (χ2v) is 7.25. The third-order valence-electron chi connectivity index (χ3n) is 4.37. The van der Waals surface area contributed by atoms with E-state index in [0.29, 0.717) is 28.5 Å². The molecule has 1 heterocycles. The minimum atomic E-state index is 0.454. The molecule has 0 saturated carbocycles. The number of anilines is 2. The summed E-state index contributed by atoms with van der Waals surface area (Å²) in [5.41, 5.74) is 3.35. The molecule has 0 spiro atoms. The summed E-state index contributed by atoms with van der Waals surface area (Å²) in [5.74, 6) is 1.01. The van der Waals surface area contributed by atoms with Gasteiger partial charge in [-0.3, -0.25) is 5.32 Å². The number of nitrogens with zero attached hydrogens (tertiary/aromatic N) is 3. The van der Waals surface area contributed by atoms with Gasteiger partial charge in [-0.1, -0.05) is 49.7 Å². The summed E-state index contributed by atoms with van der Waals surface area (Å²) >= 11 is 11.3. The van der Waals surface area contributed by atoms with Gasteiger partial charge in [0, 0.05) is 10.7 Å². The quantitative estimate of drug-likeness (QED) is 0.550. The molecule has 2 N–H and O–H groups in total. The fraction of sp³-hybridized carbons (Fsp3) is 0.250. The zero-order valence-electron chi connectivity index (χ0n) is 15.3. The molecule has 0 fully saturated rings. The molecule has 3 aromatic rings. The monoisotopic (exact) mass is 399 g/mol. The van der Waals surface area contributed by atoms with Gasteiger partial charge in [-0.2, -0.15) is 0 Å². The van der Waals surface area contributed by atoms with Crippen molar-refractivity contribution in [3.05, 3.63) is 71.0 Å². The minimum absolute atomic E-state index is 0.454. The maximum Gasteiger partial charge on any atom is 0.248 e. The van der Waals surface area contributed by atoms with E-state index in [9.17, 15) is 0 Å². The van der Waals surface area contributed by atoms with Crippen molar-refractivity contribution in [1.82, 2.24) is 14.8 Å². The lowest BCUT2D eigenvalue weighted by Crippen LogP contribution is -2.20. The SMILES string of the molecule is CCC(C)c1ccc(NC(=S)Nc2ncn(Cc3ccc(Cl)cc3)n2)cc1. The molecule has 0 amide bonds. The number of aromatic nitrogens is 3. The first-order valence-corrected chi connectivity index (χ1v) is 9.64. The molecule has 5 nitrogen and oxygen atoms in total. The van der Waals surface area contributed by atoms with Crippen molar-refractivity contribution >= 4 is 40.6 Å². The standard InChI is InChI=1S/C20H22ClN5S/c1-3-14(2)16-6-10-18(11-7-16)23-20(27)24-19-22-13-26(25-19)12-15-4-8-17(21)9-5-15/h4-11,13-14H,3,12H2,1-2H3,(H2,23,24,25,27). The van der Waals surface area contributed by atoms with Crippen molar-refractivity contribution < 1.29 is 0 Å². The predicted octanol–water partition coefficient (Wildman–Crippen LogP) is 5.30. The van der Waals surface area contributed by atoms with Crippen molar-refractivity contribution in [2.24, 2.45) is 0 Å². The van der Waals surface area contributed by atoms with E-state index in [-0.39, 0.29) is 0 Å². The Morgan fingerprint density at radius 3 is 2.48 bits per heavy atom. The molecular formula is C20H22ClN5S. The molecule has 1 unspecified atom stereocenters. The molecule has 140 valence electrons. The van der Waals surface area contributed by atoms with Crippen molar-refractivity contribution in [2.75, 3.05) is 10.6 Å². The third-order valence-corrected chi connectivity index (χ3v) is 4.83. The molecule has 0 aliphatic rings. The van der Waals surface area contributed by atoms with Crippen LogP contribution in [-0.4, -0.2) is 19.9 Å². The lowest BCUT2D eigenvalue weighted by Gasteiger charge is -2.11. The first kappa shape index (κ1) is 19.3. The van der Waals surface area contributed by atoms with Gasteiger partial charge in [-0.15, -0.1) is 5.10 Å². The van der Waals surface area contributed by atoms with Crippen LogP contribution >= 0.6 is 23.8 Å². The highest BCUT2D eigenvalue weighted by molar-refractivity contribution is 7.80. The molecule has 0 aliphatic carbocycles. The number of nitrogens with one attached hydrogen (secondary N) is 2. The average Bonchev–Trinajstić information content (AvgIpc) is 3.10. The fourth-order valence-electron chi connectivity index (χ4n) is 2.60. The normalized spacial score (nSPS) is 11.8. The van der Waals surface area contributed by atoms with Crippen LogP contribution in [0.3, 0.4) is 0 Å². The van der Waals surface area contributed by atoms with Crippen molar-refractivity contribution in [3.63, 3.8) is 0 Å². The zero-order valence-corrected chi connectivity index (χ0v) is 16.9. The van der Waals surface area contributed by atoms with E-state index in [2.05, 4.69) is 46.7 Å². The molecule has 3 rings (SSSR count). The summed E-state index contributed by atoms with van der Waals surface area (Å²) in [4.78, 5) is 4.25. The summed E-state index contributed by atoms with van der Waals surface area (Å²) in [5, 5.41) is 11.7. The van der Waals surface area contributed by atoms with Crippen LogP contribution in [-0.2, 0) is 6.54 Å². The summed E-state index contributed by atoms with van der Waals surface area (Å²) in [6.45, 7) is 5.03. The van der Waals surface area contributed by atoms with E-state index < -0.39 is 0 Å². The fourth-order valence-corrected chi connectivity index (χ4v) is 2.93. The number of halogens is 1. The Kier molecular flexibility index (Phi) is 6.42. The molecule has 1 aromatic heterocycles. The maximum atomic E-state index is 5.91. The largest absolute Gasteiger partial charge is 0.332 e. The molecule has 2 aromatic carbocycles. The van der Waals surface area contributed by atoms with Crippen LogP contribution in [0.5, 0.6) is 0 Å². The first-order valence-electron chi connectivity index (χ1n) is 8.85. The summed E-state index contributed by atoms with van der Waals surface area (Å²) in [6, 6.07) is 16.0. The summed E-state index contributed by atoms with van der Waals surface area (Å²) in [6.07, 6.45) is 2.79. The Labute approximate surface area is 169 Å². The van der Waals surface area contributed by atoms with Gasteiger partial charge in [0.05, 0.1) is 6.54 Å². The molecule has 7 heteroatoms. The molecular weight excluding hydrogens is 378 g/mol. The Balaban J connectivity index is 1.55. The number of hydrogen-bond donors (Lipinski definition) is 2. The van der Waals surface area contributed by atoms with Gasteiger partial charge in [0.1, 0.15) is 6.33 Å². The highest BCUT2D eigenvalue weighted by Crippen LogP contribution is 2.20. The van der Waals surface area contributed by atoms with Crippen molar-refractivity contribution in [1.29, 1.82) is 0 Å². The van der Waals surface area contributed by atoms with Crippen LogP contribution in [0, 0.1) is 0 Å². The number of benzene rings is 2.